The van der Waals surface area contributed by atoms with E-state index in [0.29, 0.717) is 17.9 Å². The van der Waals surface area contributed by atoms with Crippen molar-refractivity contribution in [2.75, 3.05) is 12.3 Å². The summed E-state index contributed by atoms with van der Waals surface area (Å²) >= 11 is 4.08. The highest BCUT2D eigenvalue weighted by atomic mass is 32.1. The summed E-state index contributed by atoms with van der Waals surface area (Å²) in [5.41, 5.74) is 2.92. The molecule has 0 fully saturated rings. The average molecular weight is 260 g/mol. The lowest BCUT2D eigenvalue weighted by molar-refractivity contribution is 0.0955. The largest absolute Gasteiger partial charge is 0.367 e. The van der Waals surface area contributed by atoms with Gasteiger partial charge in [0.25, 0.3) is 5.91 Å². The van der Waals surface area contributed by atoms with Crippen LogP contribution in [-0.4, -0.2) is 23.2 Å². The van der Waals surface area contributed by atoms with Crippen molar-refractivity contribution in [3.8, 4) is 0 Å². The van der Waals surface area contributed by atoms with E-state index in [1.165, 1.54) is 5.56 Å². The molecule has 0 radical (unpaired) electrons. The molecule has 94 valence electrons. The Morgan fingerprint density at radius 1 is 1.22 bits per heavy atom. The van der Waals surface area contributed by atoms with Gasteiger partial charge in [-0.2, -0.15) is 12.6 Å². The van der Waals surface area contributed by atoms with E-state index in [2.05, 4.69) is 35.1 Å². The Kier molecular flexibility index (Phi) is 4.47. The first kappa shape index (κ1) is 12.8. The number of carbonyl (C=O) groups excluding carboxylic acids is 1. The lowest BCUT2D eigenvalue weighted by Gasteiger charge is -2.05. The van der Waals surface area contributed by atoms with Crippen LogP contribution in [0.5, 0.6) is 0 Å². The van der Waals surface area contributed by atoms with Gasteiger partial charge in [-0.05, 0) is 17.5 Å². The van der Waals surface area contributed by atoms with Gasteiger partial charge in [-0.3, -0.25) is 4.79 Å². The van der Waals surface area contributed by atoms with Crippen molar-refractivity contribution in [2.24, 2.45) is 0 Å². The lowest BCUT2D eigenvalue weighted by atomic mass is 10.0. The molecule has 0 aliphatic rings. The molecule has 0 atom stereocenters. The molecule has 18 heavy (non-hydrogen) atoms. The van der Waals surface area contributed by atoms with Gasteiger partial charge in [0.15, 0.2) is 0 Å². The molecule has 2 rings (SSSR count). The van der Waals surface area contributed by atoms with E-state index in [1.54, 1.807) is 6.20 Å². The maximum absolute atomic E-state index is 11.9. The van der Waals surface area contributed by atoms with Crippen molar-refractivity contribution in [1.29, 1.82) is 0 Å². The quantitative estimate of drug-likeness (QED) is 0.709. The zero-order valence-corrected chi connectivity index (χ0v) is 10.9. The third-order valence-electron chi connectivity index (χ3n) is 2.71. The third-order valence-corrected chi connectivity index (χ3v) is 2.93. The average Bonchev–Trinajstić information content (AvgIpc) is 2.85. The predicted molar refractivity (Wildman–Crippen MR) is 76.2 cm³/mol. The second kappa shape index (κ2) is 6.31. The van der Waals surface area contributed by atoms with Crippen LogP contribution in [0, 0.1) is 0 Å². The zero-order chi connectivity index (χ0) is 12.8. The van der Waals surface area contributed by atoms with Crippen LogP contribution in [0.3, 0.4) is 0 Å². The molecule has 0 saturated carbocycles. The summed E-state index contributed by atoms with van der Waals surface area (Å²) in [4.78, 5) is 14.9. The predicted octanol–water partition coefficient (Wildman–Crippen LogP) is 2.27. The van der Waals surface area contributed by atoms with Crippen LogP contribution >= 0.6 is 12.6 Å². The molecule has 0 aliphatic heterocycles. The van der Waals surface area contributed by atoms with Crippen LogP contribution in [0.15, 0.2) is 42.7 Å². The molecule has 3 nitrogen and oxygen atoms in total. The minimum atomic E-state index is -0.0452. The van der Waals surface area contributed by atoms with Gasteiger partial charge < -0.3 is 10.3 Å². The summed E-state index contributed by atoms with van der Waals surface area (Å²) in [6, 6.07) is 10.1. The van der Waals surface area contributed by atoms with Crippen molar-refractivity contribution in [3.63, 3.8) is 0 Å². The summed E-state index contributed by atoms with van der Waals surface area (Å²) < 4.78 is 0. The van der Waals surface area contributed by atoms with Crippen LogP contribution < -0.4 is 5.32 Å². The number of H-pyrrole nitrogens is 1. The van der Waals surface area contributed by atoms with Gasteiger partial charge in [0.05, 0.1) is 5.56 Å². The fraction of sp³-hybridized carbons (Fsp3) is 0.214. The van der Waals surface area contributed by atoms with Crippen LogP contribution in [0.2, 0.25) is 0 Å². The summed E-state index contributed by atoms with van der Waals surface area (Å²) in [7, 11) is 0. The number of thiol groups is 1. The van der Waals surface area contributed by atoms with Gasteiger partial charge in [0.2, 0.25) is 0 Å². The van der Waals surface area contributed by atoms with E-state index >= 15 is 0 Å². The molecule has 2 aromatic rings. The molecule has 1 aromatic heterocycles. The van der Waals surface area contributed by atoms with E-state index in [1.807, 2.05) is 24.4 Å². The molecule has 1 aromatic carbocycles. The Labute approximate surface area is 112 Å². The smallest absolute Gasteiger partial charge is 0.253 e. The summed E-state index contributed by atoms with van der Waals surface area (Å²) in [5, 5.41) is 2.83. The Morgan fingerprint density at radius 2 is 2.00 bits per heavy atom. The van der Waals surface area contributed by atoms with Crippen molar-refractivity contribution >= 4 is 18.5 Å². The minimum Gasteiger partial charge on any atom is -0.367 e. The van der Waals surface area contributed by atoms with Crippen LogP contribution in [-0.2, 0) is 6.42 Å². The fourth-order valence-electron chi connectivity index (χ4n) is 1.83. The summed E-state index contributed by atoms with van der Waals surface area (Å²) in [5.74, 6) is 0.598. The van der Waals surface area contributed by atoms with E-state index in [0.717, 1.165) is 12.0 Å². The third kappa shape index (κ3) is 3.17. The van der Waals surface area contributed by atoms with E-state index in [-0.39, 0.29) is 5.91 Å². The lowest BCUT2D eigenvalue weighted by Crippen LogP contribution is -2.25. The molecule has 1 amide bonds. The van der Waals surface area contributed by atoms with Gasteiger partial charge in [0, 0.05) is 24.7 Å². The molecule has 0 unspecified atom stereocenters. The van der Waals surface area contributed by atoms with Crippen LogP contribution in [0.1, 0.15) is 21.5 Å². The minimum absolute atomic E-state index is 0.0452. The second-order valence-corrected chi connectivity index (χ2v) is 4.48. The number of hydrogen-bond donors (Lipinski definition) is 3. The first-order valence-corrected chi connectivity index (χ1v) is 6.53. The maximum atomic E-state index is 11.9. The topological polar surface area (TPSA) is 44.9 Å². The number of aromatic nitrogens is 1. The van der Waals surface area contributed by atoms with Crippen molar-refractivity contribution in [1.82, 2.24) is 10.3 Å². The maximum Gasteiger partial charge on any atom is 0.253 e. The number of rotatable bonds is 5. The standard InChI is InChI=1S/C14H16N2OS/c17-14(16-6-7-18)13-10-15-9-12(13)8-11-4-2-1-3-5-11/h1-5,9-10,15,18H,6-8H2,(H,16,17). The van der Waals surface area contributed by atoms with Crippen molar-refractivity contribution < 1.29 is 4.79 Å². The summed E-state index contributed by atoms with van der Waals surface area (Å²) in [6.07, 6.45) is 4.38. The Bertz CT molecular complexity index is 508. The number of nitrogens with one attached hydrogen (secondary N) is 2. The van der Waals surface area contributed by atoms with Gasteiger partial charge in [-0.25, -0.2) is 0 Å². The molecular weight excluding hydrogens is 244 g/mol. The van der Waals surface area contributed by atoms with Gasteiger partial charge in [0.1, 0.15) is 0 Å². The first-order valence-electron chi connectivity index (χ1n) is 5.90. The van der Waals surface area contributed by atoms with Crippen LogP contribution in [0.25, 0.3) is 0 Å². The zero-order valence-electron chi connectivity index (χ0n) is 10.0. The van der Waals surface area contributed by atoms with Crippen molar-refractivity contribution in [3.05, 3.63) is 59.4 Å². The molecular formula is C14H16N2OS. The highest BCUT2D eigenvalue weighted by molar-refractivity contribution is 7.80. The molecule has 0 aliphatic carbocycles. The number of aromatic amines is 1. The SMILES string of the molecule is O=C(NCCS)c1c[nH]cc1Cc1ccccc1. The molecule has 0 spiro atoms. The van der Waals surface area contributed by atoms with Crippen LogP contribution in [0.4, 0.5) is 0 Å². The van der Waals surface area contributed by atoms with Gasteiger partial charge in [-0.1, -0.05) is 30.3 Å². The summed E-state index contributed by atoms with van der Waals surface area (Å²) in [6.45, 7) is 0.581. The Morgan fingerprint density at radius 3 is 2.72 bits per heavy atom. The highest BCUT2D eigenvalue weighted by Gasteiger charge is 2.11. The van der Waals surface area contributed by atoms with Crippen molar-refractivity contribution in [2.45, 2.75) is 6.42 Å². The number of benzene rings is 1. The van der Waals surface area contributed by atoms with E-state index < -0.39 is 0 Å². The molecule has 1 heterocycles. The molecule has 0 bridgehead atoms. The molecule has 4 heteroatoms. The number of hydrogen-bond acceptors (Lipinski definition) is 2. The second-order valence-electron chi connectivity index (χ2n) is 4.04. The fourth-order valence-corrected chi connectivity index (χ4v) is 1.95. The van der Waals surface area contributed by atoms with E-state index in [9.17, 15) is 4.79 Å². The Hall–Kier alpha value is -1.68. The first-order chi connectivity index (χ1) is 8.81. The van der Waals surface area contributed by atoms with Gasteiger partial charge in [-0.15, -0.1) is 0 Å². The molecule has 0 saturated heterocycles. The molecule has 2 N–H and O–H groups in total. The monoisotopic (exact) mass is 260 g/mol. The Balaban J connectivity index is 2.10. The normalized spacial score (nSPS) is 10.3. The number of amides is 1. The van der Waals surface area contributed by atoms with Gasteiger partial charge >= 0.3 is 0 Å². The number of carbonyl (C=O) groups is 1. The highest BCUT2D eigenvalue weighted by Crippen LogP contribution is 2.13. The van der Waals surface area contributed by atoms with E-state index in [4.69, 9.17) is 0 Å².